The molecule has 0 radical (unpaired) electrons. The van der Waals surface area contributed by atoms with E-state index in [9.17, 15) is 28.4 Å². The molecule has 0 saturated carbocycles. The van der Waals surface area contributed by atoms with Crippen LogP contribution in [0.5, 0.6) is 0 Å². The molecule has 1 aromatic rings. The van der Waals surface area contributed by atoms with E-state index in [1.54, 1.807) is 0 Å². The molecule has 3 rings (SSSR count). The normalized spacial score (nSPS) is 19.3. The highest BCUT2D eigenvalue weighted by Crippen LogP contribution is 2.30. The Kier molecular flexibility index (Phi) is 7.81. The van der Waals surface area contributed by atoms with Crippen molar-refractivity contribution in [3.63, 3.8) is 0 Å². The van der Waals surface area contributed by atoms with Gasteiger partial charge in [-0.05, 0) is 37.6 Å². The van der Waals surface area contributed by atoms with Gasteiger partial charge in [0.2, 0.25) is 5.91 Å². The molecule has 0 spiro atoms. The number of piperidine rings is 1. The lowest BCUT2D eigenvalue weighted by molar-refractivity contribution is -0.158. The van der Waals surface area contributed by atoms with Gasteiger partial charge in [0.25, 0.3) is 17.7 Å². The summed E-state index contributed by atoms with van der Waals surface area (Å²) in [5.74, 6) is -4.16. The van der Waals surface area contributed by atoms with Crippen molar-refractivity contribution >= 4 is 29.6 Å². The fourth-order valence-corrected chi connectivity index (χ4v) is 4.62. The van der Waals surface area contributed by atoms with E-state index in [0.29, 0.717) is 13.1 Å². The van der Waals surface area contributed by atoms with Gasteiger partial charge in [0, 0.05) is 6.42 Å². The van der Waals surface area contributed by atoms with E-state index in [-0.39, 0.29) is 43.0 Å². The maximum atomic E-state index is 14.2. The van der Waals surface area contributed by atoms with Gasteiger partial charge in [-0.25, -0.2) is 4.39 Å². The number of esters is 1. The van der Waals surface area contributed by atoms with E-state index in [1.165, 1.54) is 12.1 Å². The average molecular weight is 476 g/mol. The maximum Gasteiger partial charge on any atom is 0.323 e. The Bertz CT molecular complexity index is 1010. The van der Waals surface area contributed by atoms with Crippen molar-refractivity contribution in [1.29, 1.82) is 0 Å². The van der Waals surface area contributed by atoms with E-state index in [1.807, 2.05) is 32.6 Å². The molecule has 1 aromatic carbocycles. The Morgan fingerprint density at radius 3 is 2.41 bits per heavy atom. The predicted octanol–water partition coefficient (Wildman–Crippen LogP) is 1.85. The SMILES string of the molecule is CCN(CC)[C@H](C(=O)OCCN1C(=O)CCC(N2C(=O)c3cccc(F)c3C2=O)C1=O)C(C)C. The van der Waals surface area contributed by atoms with Gasteiger partial charge in [-0.2, -0.15) is 0 Å². The molecule has 2 heterocycles. The molecule has 10 heteroatoms. The van der Waals surface area contributed by atoms with Gasteiger partial charge in [-0.3, -0.25) is 38.7 Å². The molecular weight excluding hydrogens is 445 g/mol. The summed E-state index contributed by atoms with van der Waals surface area (Å²) in [4.78, 5) is 67.3. The highest BCUT2D eigenvalue weighted by molar-refractivity contribution is 6.23. The Morgan fingerprint density at radius 1 is 1.15 bits per heavy atom. The van der Waals surface area contributed by atoms with Crippen molar-refractivity contribution in [2.75, 3.05) is 26.2 Å². The summed E-state index contributed by atoms with van der Waals surface area (Å²) >= 11 is 0. The summed E-state index contributed by atoms with van der Waals surface area (Å²) in [5, 5.41) is 0. The van der Waals surface area contributed by atoms with Gasteiger partial charge < -0.3 is 4.74 Å². The fraction of sp³-hybridized carbons (Fsp3) is 0.542. The van der Waals surface area contributed by atoms with Gasteiger partial charge >= 0.3 is 5.97 Å². The van der Waals surface area contributed by atoms with Crippen molar-refractivity contribution in [3.8, 4) is 0 Å². The zero-order valence-electron chi connectivity index (χ0n) is 19.9. The van der Waals surface area contributed by atoms with Crippen LogP contribution in [0.1, 0.15) is 61.3 Å². The minimum Gasteiger partial charge on any atom is -0.463 e. The maximum absolute atomic E-state index is 14.2. The Hall–Kier alpha value is -3.14. The zero-order chi connectivity index (χ0) is 25.2. The first kappa shape index (κ1) is 25.5. The van der Waals surface area contributed by atoms with Crippen molar-refractivity contribution in [3.05, 3.63) is 35.1 Å². The lowest BCUT2D eigenvalue weighted by Crippen LogP contribution is -2.56. The summed E-state index contributed by atoms with van der Waals surface area (Å²) in [5.41, 5.74) is -0.472. The van der Waals surface area contributed by atoms with Crippen LogP contribution in [0.4, 0.5) is 4.39 Å². The molecule has 9 nitrogen and oxygen atoms in total. The second kappa shape index (κ2) is 10.4. The van der Waals surface area contributed by atoms with Crippen LogP contribution in [0.2, 0.25) is 0 Å². The smallest absolute Gasteiger partial charge is 0.323 e. The largest absolute Gasteiger partial charge is 0.463 e. The molecule has 1 saturated heterocycles. The van der Waals surface area contributed by atoms with E-state index >= 15 is 0 Å². The minimum absolute atomic E-state index is 0.00394. The summed E-state index contributed by atoms with van der Waals surface area (Å²) < 4.78 is 19.6. The summed E-state index contributed by atoms with van der Waals surface area (Å²) in [6.07, 6.45) is -0.118. The molecule has 1 fully saturated rings. The number of imide groups is 2. The van der Waals surface area contributed by atoms with Crippen LogP contribution >= 0.6 is 0 Å². The minimum atomic E-state index is -1.22. The number of likely N-dealkylation sites (N-methyl/N-ethyl adjacent to an activating group) is 1. The number of hydrogen-bond acceptors (Lipinski definition) is 7. The molecule has 0 bridgehead atoms. The van der Waals surface area contributed by atoms with Gasteiger partial charge in [0.05, 0.1) is 17.7 Å². The lowest BCUT2D eigenvalue weighted by atomic mass is 10.0. The van der Waals surface area contributed by atoms with Crippen LogP contribution in [0.3, 0.4) is 0 Å². The third kappa shape index (κ3) is 4.59. The lowest BCUT2D eigenvalue weighted by Gasteiger charge is -2.34. The molecule has 2 aliphatic heterocycles. The van der Waals surface area contributed by atoms with Crippen molar-refractivity contribution in [2.45, 2.75) is 52.6 Å². The monoisotopic (exact) mass is 475 g/mol. The highest BCUT2D eigenvalue weighted by Gasteiger charge is 2.48. The number of hydrogen-bond donors (Lipinski definition) is 0. The highest BCUT2D eigenvalue weighted by atomic mass is 19.1. The van der Waals surface area contributed by atoms with Gasteiger partial charge in [0.15, 0.2) is 0 Å². The predicted molar refractivity (Wildman–Crippen MR) is 119 cm³/mol. The molecule has 0 N–H and O–H groups in total. The standard InChI is InChI=1S/C24H30FN3O6/c1-5-26(6-2)20(14(3)4)24(33)34-13-12-27-18(29)11-10-17(22(27)31)28-21(30)15-8-7-9-16(25)19(15)23(28)32/h7-9,14,17,20H,5-6,10-13H2,1-4H3/t17?,20-/m0/s1. The molecule has 0 aromatic heterocycles. The van der Waals surface area contributed by atoms with E-state index < -0.39 is 47.5 Å². The molecular formula is C24H30FN3O6. The van der Waals surface area contributed by atoms with Gasteiger partial charge in [-0.15, -0.1) is 0 Å². The summed E-state index contributed by atoms with van der Waals surface area (Å²) in [6, 6.07) is 2.04. The Labute approximate surface area is 197 Å². The Balaban J connectivity index is 1.69. The Morgan fingerprint density at radius 2 is 1.82 bits per heavy atom. The second-order valence-corrected chi connectivity index (χ2v) is 8.66. The number of ether oxygens (including phenoxy) is 1. The van der Waals surface area contributed by atoms with Crippen LogP contribution in [-0.4, -0.2) is 82.6 Å². The number of likely N-dealkylation sites (tertiary alicyclic amines) is 1. The van der Waals surface area contributed by atoms with E-state index in [4.69, 9.17) is 4.74 Å². The summed E-state index contributed by atoms with van der Waals surface area (Å²) in [7, 11) is 0. The molecule has 2 aliphatic rings. The number of halogens is 1. The molecule has 0 aliphatic carbocycles. The third-order valence-electron chi connectivity index (χ3n) is 6.33. The average Bonchev–Trinajstić information content (AvgIpc) is 3.05. The number of carbonyl (C=O) groups is 5. The molecule has 2 atom stereocenters. The van der Waals surface area contributed by atoms with E-state index in [2.05, 4.69) is 0 Å². The van der Waals surface area contributed by atoms with Crippen LogP contribution in [0, 0.1) is 11.7 Å². The van der Waals surface area contributed by atoms with Crippen LogP contribution in [0.25, 0.3) is 0 Å². The topological polar surface area (TPSA) is 104 Å². The number of carbonyl (C=O) groups excluding carboxylic acids is 5. The second-order valence-electron chi connectivity index (χ2n) is 8.66. The first-order chi connectivity index (χ1) is 16.1. The van der Waals surface area contributed by atoms with Crippen molar-refractivity contribution in [2.24, 2.45) is 5.92 Å². The summed E-state index contributed by atoms with van der Waals surface area (Å²) in [6.45, 7) is 8.66. The third-order valence-corrected chi connectivity index (χ3v) is 6.33. The number of benzene rings is 1. The number of fused-ring (bicyclic) bond motifs is 1. The van der Waals surface area contributed by atoms with Gasteiger partial charge in [-0.1, -0.05) is 33.8 Å². The van der Waals surface area contributed by atoms with Crippen LogP contribution in [-0.2, 0) is 19.1 Å². The van der Waals surface area contributed by atoms with Crippen molar-refractivity contribution in [1.82, 2.24) is 14.7 Å². The molecule has 1 unspecified atom stereocenters. The first-order valence-electron chi connectivity index (χ1n) is 11.5. The number of nitrogens with zero attached hydrogens (tertiary/aromatic N) is 3. The quantitative estimate of drug-likeness (QED) is 0.397. The van der Waals surface area contributed by atoms with Crippen molar-refractivity contribution < 1.29 is 33.1 Å². The number of rotatable bonds is 9. The molecule has 34 heavy (non-hydrogen) atoms. The van der Waals surface area contributed by atoms with Gasteiger partial charge in [0.1, 0.15) is 24.5 Å². The molecule has 184 valence electrons. The molecule has 4 amide bonds. The number of amides is 4. The van der Waals surface area contributed by atoms with Crippen LogP contribution in [0.15, 0.2) is 18.2 Å². The first-order valence-corrected chi connectivity index (χ1v) is 11.5. The zero-order valence-corrected chi connectivity index (χ0v) is 19.9. The van der Waals surface area contributed by atoms with E-state index in [0.717, 1.165) is 15.9 Å². The fourth-order valence-electron chi connectivity index (χ4n) is 4.62. The van der Waals surface area contributed by atoms with Crippen LogP contribution < -0.4 is 0 Å².